The zero-order chi connectivity index (χ0) is 13.7. The molecule has 1 unspecified atom stereocenters. The summed E-state index contributed by atoms with van der Waals surface area (Å²) in [5.74, 6) is -0.00711. The summed E-state index contributed by atoms with van der Waals surface area (Å²) in [7, 11) is 0. The van der Waals surface area contributed by atoms with E-state index in [1.165, 1.54) is 0 Å². The van der Waals surface area contributed by atoms with Crippen LogP contribution in [0.1, 0.15) is 40.7 Å². The molecule has 19 heavy (non-hydrogen) atoms. The van der Waals surface area contributed by atoms with E-state index >= 15 is 0 Å². The molecule has 1 atom stereocenters. The average molecular weight is 249 g/mol. The van der Waals surface area contributed by atoms with Gasteiger partial charge in [0.1, 0.15) is 0 Å². The highest BCUT2D eigenvalue weighted by Gasteiger charge is 2.19. The second-order valence-corrected chi connectivity index (χ2v) is 4.42. The van der Waals surface area contributed by atoms with Gasteiger partial charge in [0.05, 0.1) is 11.6 Å². The van der Waals surface area contributed by atoms with Crippen molar-refractivity contribution in [1.29, 1.82) is 5.26 Å². The molecule has 0 fully saturated rings. The van der Waals surface area contributed by atoms with Gasteiger partial charge in [-0.1, -0.05) is 49.4 Å². The second kappa shape index (κ2) is 5.97. The Morgan fingerprint density at radius 3 is 2.26 bits per heavy atom. The van der Waals surface area contributed by atoms with Gasteiger partial charge in [-0.25, -0.2) is 0 Å². The number of hydrogen-bond donors (Lipinski definition) is 0. The van der Waals surface area contributed by atoms with Crippen molar-refractivity contribution in [2.75, 3.05) is 0 Å². The zero-order valence-corrected chi connectivity index (χ0v) is 10.8. The topological polar surface area (TPSA) is 40.9 Å². The fourth-order valence-corrected chi connectivity index (χ4v) is 2.17. The summed E-state index contributed by atoms with van der Waals surface area (Å²) in [6, 6.07) is 18.7. The number of nitrogens with zero attached hydrogens (tertiary/aromatic N) is 1. The van der Waals surface area contributed by atoms with Gasteiger partial charge in [0.15, 0.2) is 5.78 Å². The molecule has 0 spiro atoms. The summed E-state index contributed by atoms with van der Waals surface area (Å²) in [5, 5.41) is 8.77. The summed E-state index contributed by atoms with van der Waals surface area (Å²) in [6.45, 7) is 2.01. The van der Waals surface area contributed by atoms with Crippen LogP contribution >= 0.6 is 0 Å². The van der Waals surface area contributed by atoms with E-state index in [1.54, 1.807) is 24.3 Å². The molecule has 94 valence electrons. The van der Waals surface area contributed by atoms with Crippen LogP contribution in [0.4, 0.5) is 0 Å². The van der Waals surface area contributed by atoms with Gasteiger partial charge in [0.2, 0.25) is 0 Å². The normalized spacial score (nSPS) is 11.6. The highest BCUT2D eigenvalue weighted by molar-refractivity contribution is 6.01. The predicted octanol–water partition coefficient (Wildman–Crippen LogP) is 3.93. The molecule has 2 heteroatoms. The molecule has 0 radical (unpaired) electrons. The maximum Gasteiger partial charge on any atom is 0.170 e. The molecule has 0 aliphatic carbocycles. The lowest BCUT2D eigenvalue weighted by molar-refractivity contribution is 0.0957. The third kappa shape index (κ3) is 2.89. The molecule has 0 bridgehead atoms. The van der Waals surface area contributed by atoms with Crippen LogP contribution in [0.15, 0.2) is 54.6 Å². The third-order valence-corrected chi connectivity index (χ3v) is 3.23. The van der Waals surface area contributed by atoms with Gasteiger partial charge in [-0.2, -0.15) is 5.26 Å². The van der Waals surface area contributed by atoms with Gasteiger partial charge in [0.25, 0.3) is 0 Å². The standard InChI is InChI=1S/C17H15NO/c1-2-16(14-6-4-3-5-7-14)17(19)15-10-8-13(12-18)9-11-15/h3-11,16H,2H2,1H3. The lowest BCUT2D eigenvalue weighted by Gasteiger charge is -2.14. The van der Waals surface area contributed by atoms with Gasteiger partial charge in [-0.3, -0.25) is 4.79 Å². The Hall–Kier alpha value is -2.40. The molecule has 2 rings (SSSR count). The first-order valence-corrected chi connectivity index (χ1v) is 6.35. The molecule has 0 N–H and O–H groups in total. The Morgan fingerprint density at radius 2 is 1.74 bits per heavy atom. The van der Waals surface area contributed by atoms with Crippen LogP contribution in [0, 0.1) is 11.3 Å². The van der Waals surface area contributed by atoms with E-state index in [9.17, 15) is 4.79 Å². The fraction of sp³-hybridized carbons (Fsp3) is 0.176. The monoisotopic (exact) mass is 249 g/mol. The lowest BCUT2D eigenvalue weighted by atomic mass is 9.88. The molecule has 0 amide bonds. The first-order valence-electron chi connectivity index (χ1n) is 6.35. The summed E-state index contributed by atoms with van der Waals surface area (Å²) in [6.07, 6.45) is 0.767. The van der Waals surface area contributed by atoms with Crippen molar-refractivity contribution < 1.29 is 4.79 Å². The molecule has 2 aromatic rings. The highest BCUT2D eigenvalue weighted by Crippen LogP contribution is 2.24. The Kier molecular flexibility index (Phi) is 4.10. The van der Waals surface area contributed by atoms with Crippen molar-refractivity contribution in [3.05, 3.63) is 71.3 Å². The van der Waals surface area contributed by atoms with Gasteiger partial charge in [-0.15, -0.1) is 0 Å². The van der Waals surface area contributed by atoms with E-state index in [4.69, 9.17) is 5.26 Å². The minimum absolute atomic E-state index is 0.109. The number of hydrogen-bond acceptors (Lipinski definition) is 2. The number of carbonyl (C=O) groups is 1. The van der Waals surface area contributed by atoms with Crippen LogP contribution in [0.3, 0.4) is 0 Å². The van der Waals surface area contributed by atoms with E-state index in [-0.39, 0.29) is 11.7 Å². The zero-order valence-electron chi connectivity index (χ0n) is 10.8. The summed E-state index contributed by atoms with van der Waals surface area (Å²) in [5.41, 5.74) is 2.28. The van der Waals surface area contributed by atoms with Crippen molar-refractivity contribution in [3.8, 4) is 6.07 Å². The largest absolute Gasteiger partial charge is 0.293 e. The van der Waals surface area contributed by atoms with Crippen LogP contribution in [0.25, 0.3) is 0 Å². The SMILES string of the molecule is CCC(C(=O)c1ccc(C#N)cc1)c1ccccc1. The first kappa shape index (κ1) is 13.0. The molecule has 2 nitrogen and oxygen atoms in total. The van der Waals surface area contributed by atoms with E-state index in [1.807, 2.05) is 37.3 Å². The highest BCUT2D eigenvalue weighted by atomic mass is 16.1. The van der Waals surface area contributed by atoms with Crippen molar-refractivity contribution in [2.45, 2.75) is 19.3 Å². The van der Waals surface area contributed by atoms with Crippen LogP contribution in [-0.2, 0) is 0 Å². The quantitative estimate of drug-likeness (QED) is 0.770. The molecule has 0 saturated carbocycles. The summed E-state index contributed by atoms with van der Waals surface area (Å²) >= 11 is 0. The number of ketones is 1. The van der Waals surface area contributed by atoms with Crippen LogP contribution in [0.5, 0.6) is 0 Å². The fourth-order valence-electron chi connectivity index (χ4n) is 2.17. The predicted molar refractivity (Wildman–Crippen MR) is 75.0 cm³/mol. The van der Waals surface area contributed by atoms with Crippen molar-refractivity contribution in [3.63, 3.8) is 0 Å². The third-order valence-electron chi connectivity index (χ3n) is 3.23. The van der Waals surface area contributed by atoms with E-state index in [2.05, 4.69) is 6.07 Å². The Balaban J connectivity index is 2.28. The second-order valence-electron chi connectivity index (χ2n) is 4.42. The maximum atomic E-state index is 12.5. The minimum atomic E-state index is -0.117. The molecule has 0 aromatic heterocycles. The summed E-state index contributed by atoms with van der Waals surface area (Å²) < 4.78 is 0. The Morgan fingerprint density at radius 1 is 1.11 bits per heavy atom. The van der Waals surface area contributed by atoms with Gasteiger partial charge in [0, 0.05) is 11.5 Å². The van der Waals surface area contributed by atoms with Crippen LogP contribution < -0.4 is 0 Å². The molecule has 0 heterocycles. The molecule has 0 saturated heterocycles. The van der Waals surface area contributed by atoms with Crippen LogP contribution in [-0.4, -0.2) is 5.78 Å². The van der Waals surface area contributed by atoms with Crippen molar-refractivity contribution in [2.24, 2.45) is 0 Å². The Bertz CT molecular complexity index is 593. The smallest absolute Gasteiger partial charge is 0.170 e. The van der Waals surface area contributed by atoms with Crippen LogP contribution in [0.2, 0.25) is 0 Å². The number of Topliss-reactive ketones (excluding diaryl/α,β-unsaturated/α-hetero) is 1. The number of benzene rings is 2. The minimum Gasteiger partial charge on any atom is -0.293 e. The van der Waals surface area contributed by atoms with Gasteiger partial charge >= 0.3 is 0 Å². The number of rotatable bonds is 4. The molecule has 0 aliphatic heterocycles. The maximum absolute atomic E-state index is 12.5. The van der Waals surface area contributed by atoms with Gasteiger partial charge in [-0.05, 0) is 24.1 Å². The number of carbonyl (C=O) groups excluding carboxylic acids is 1. The lowest BCUT2D eigenvalue weighted by Crippen LogP contribution is -2.12. The van der Waals surface area contributed by atoms with Crippen molar-refractivity contribution >= 4 is 5.78 Å². The molecule has 2 aromatic carbocycles. The first-order chi connectivity index (χ1) is 9.26. The molecular formula is C17H15NO. The average Bonchev–Trinajstić information content (AvgIpc) is 2.49. The van der Waals surface area contributed by atoms with Crippen molar-refractivity contribution in [1.82, 2.24) is 0 Å². The van der Waals surface area contributed by atoms with E-state index < -0.39 is 0 Å². The van der Waals surface area contributed by atoms with E-state index in [0.717, 1.165) is 12.0 Å². The number of nitriles is 1. The Labute approximate surface area is 113 Å². The molecule has 0 aliphatic rings. The molecular weight excluding hydrogens is 234 g/mol. The summed E-state index contributed by atoms with van der Waals surface area (Å²) in [4.78, 5) is 12.5. The van der Waals surface area contributed by atoms with E-state index in [0.29, 0.717) is 11.1 Å². The van der Waals surface area contributed by atoms with Gasteiger partial charge < -0.3 is 0 Å².